The first kappa shape index (κ1) is 12.9. The molecule has 0 aliphatic heterocycles. The lowest BCUT2D eigenvalue weighted by molar-refractivity contribution is 0.440. The molecule has 6 nitrogen and oxygen atoms in total. The maximum absolute atomic E-state index is 5.52. The van der Waals surface area contributed by atoms with Crippen molar-refractivity contribution in [2.24, 2.45) is 10.8 Å². The molecule has 1 aromatic rings. The van der Waals surface area contributed by atoms with E-state index in [0.717, 1.165) is 18.4 Å². The van der Waals surface area contributed by atoms with Crippen LogP contribution in [0.2, 0.25) is 0 Å². The second-order valence-corrected chi connectivity index (χ2v) is 4.81. The molecule has 0 bridgehead atoms. The number of hydrogen-bond donors (Lipinski definition) is 4. The summed E-state index contributed by atoms with van der Waals surface area (Å²) in [5, 5.41) is 10.0. The maximum atomic E-state index is 5.52. The highest BCUT2D eigenvalue weighted by Crippen LogP contribution is 2.20. The summed E-state index contributed by atoms with van der Waals surface area (Å²) in [5.41, 5.74) is 3.74. The quantitative estimate of drug-likeness (QED) is 0.281. The smallest absolute Gasteiger partial charge is 0.206 e. The first-order valence-electron chi connectivity index (χ1n) is 6.59. The Balaban J connectivity index is 1.93. The van der Waals surface area contributed by atoms with Gasteiger partial charge in [0.2, 0.25) is 5.96 Å². The molecule has 1 aliphatic rings. The van der Waals surface area contributed by atoms with E-state index in [4.69, 9.17) is 5.84 Å². The fraction of sp³-hybridized carbons (Fsp3) is 0.667. The molecule has 0 saturated heterocycles. The van der Waals surface area contributed by atoms with Crippen LogP contribution < -0.4 is 16.6 Å². The fourth-order valence-electron chi connectivity index (χ4n) is 2.30. The Hall–Kier alpha value is -1.56. The van der Waals surface area contributed by atoms with Gasteiger partial charge in [0.15, 0.2) is 0 Å². The van der Waals surface area contributed by atoms with E-state index in [2.05, 4.69) is 32.9 Å². The Kier molecular flexibility index (Phi) is 4.58. The highest BCUT2D eigenvalue weighted by atomic mass is 15.3. The van der Waals surface area contributed by atoms with E-state index in [1.165, 1.54) is 19.3 Å². The third-order valence-electron chi connectivity index (χ3n) is 3.40. The van der Waals surface area contributed by atoms with Crippen LogP contribution in [0, 0.1) is 0 Å². The molecule has 0 amide bonds. The van der Waals surface area contributed by atoms with Crippen LogP contribution in [0.3, 0.4) is 0 Å². The lowest BCUT2D eigenvalue weighted by Gasteiger charge is -2.21. The molecule has 2 rings (SSSR count). The largest absolute Gasteiger partial charge is 0.349 e. The minimum atomic E-state index is 0.127. The van der Waals surface area contributed by atoms with Gasteiger partial charge in [-0.25, -0.2) is 10.8 Å². The molecule has 5 N–H and O–H groups in total. The molecule has 6 heteroatoms. The van der Waals surface area contributed by atoms with Crippen LogP contribution in [0.15, 0.2) is 17.4 Å². The maximum Gasteiger partial charge on any atom is 0.206 e. The van der Waals surface area contributed by atoms with Crippen LogP contribution in [0.25, 0.3) is 0 Å². The van der Waals surface area contributed by atoms with Gasteiger partial charge in [0.25, 0.3) is 0 Å². The van der Waals surface area contributed by atoms with Gasteiger partial charge in [-0.1, -0.05) is 19.3 Å². The van der Waals surface area contributed by atoms with Crippen LogP contribution in [-0.2, 0) is 0 Å². The van der Waals surface area contributed by atoms with E-state index in [1.54, 1.807) is 6.20 Å². The highest BCUT2D eigenvalue weighted by molar-refractivity contribution is 5.79. The van der Waals surface area contributed by atoms with Crippen LogP contribution >= 0.6 is 0 Å². The molecular weight excluding hydrogens is 228 g/mol. The van der Waals surface area contributed by atoms with Crippen molar-refractivity contribution in [3.63, 3.8) is 0 Å². The lowest BCUT2D eigenvalue weighted by Crippen LogP contribution is -2.43. The number of guanidine groups is 1. The van der Waals surface area contributed by atoms with Crippen molar-refractivity contribution in [1.82, 2.24) is 20.9 Å². The predicted octanol–water partition coefficient (Wildman–Crippen LogP) is 1.21. The lowest BCUT2D eigenvalue weighted by atomic mass is 9.96. The third kappa shape index (κ3) is 3.46. The molecule has 1 aliphatic carbocycles. The third-order valence-corrected chi connectivity index (χ3v) is 3.40. The van der Waals surface area contributed by atoms with Gasteiger partial charge in [-0.2, -0.15) is 5.10 Å². The zero-order valence-corrected chi connectivity index (χ0v) is 10.8. The van der Waals surface area contributed by atoms with E-state index in [1.807, 2.05) is 6.20 Å². The molecule has 0 aromatic carbocycles. The number of aromatic amines is 1. The number of hydrazine groups is 1. The zero-order chi connectivity index (χ0) is 12.8. The van der Waals surface area contributed by atoms with Gasteiger partial charge < -0.3 is 5.32 Å². The number of rotatable bonds is 3. The first-order valence-corrected chi connectivity index (χ1v) is 6.59. The molecule has 1 heterocycles. The number of H-pyrrole nitrogens is 1. The standard InChI is InChI=1S/C12H22N6/c1-9(10-7-14-15-8-10)16-12(18-13)17-11-5-3-2-4-6-11/h7-9,11H,2-6,13H2,1H3,(H,14,15)(H2,16,17,18). The van der Waals surface area contributed by atoms with Crippen molar-refractivity contribution in [3.05, 3.63) is 18.0 Å². The van der Waals surface area contributed by atoms with Gasteiger partial charge in [-0.15, -0.1) is 0 Å². The summed E-state index contributed by atoms with van der Waals surface area (Å²) >= 11 is 0. The average molecular weight is 250 g/mol. The zero-order valence-electron chi connectivity index (χ0n) is 10.8. The molecule has 1 unspecified atom stereocenters. The Morgan fingerprint density at radius 2 is 2.28 bits per heavy atom. The van der Waals surface area contributed by atoms with Crippen molar-refractivity contribution in [2.75, 3.05) is 0 Å². The summed E-state index contributed by atoms with van der Waals surface area (Å²) in [6, 6.07) is 0.524. The minimum Gasteiger partial charge on any atom is -0.349 e. The number of aliphatic imine (C=N–C) groups is 1. The SMILES string of the molecule is CC(NC(=NC1CCCCC1)NN)c1cn[nH]c1. The van der Waals surface area contributed by atoms with Crippen molar-refractivity contribution in [3.8, 4) is 0 Å². The Bertz CT molecular complexity index is 366. The van der Waals surface area contributed by atoms with Gasteiger partial charge in [0, 0.05) is 11.8 Å². The van der Waals surface area contributed by atoms with E-state index in [0.29, 0.717) is 12.0 Å². The number of nitrogens with zero attached hydrogens (tertiary/aromatic N) is 2. The average Bonchev–Trinajstić information content (AvgIpc) is 2.93. The van der Waals surface area contributed by atoms with E-state index in [-0.39, 0.29) is 6.04 Å². The second kappa shape index (κ2) is 6.39. The molecule has 1 atom stereocenters. The molecule has 0 radical (unpaired) electrons. The number of nitrogens with one attached hydrogen (secondary N) is 3. The first-order chi connectivity index (χ1) is 8.79. The molecule has 18 heavy (non-hydrogen) atoms. The Morgan fingerprint density at radius 3 is 2.89 bits per heavy atom. The topological polar surface area (TPSA) is 91.1 Å². The summed E-state index contributed by atoms with van der Waals surface area (Å²) in [6.45, 7) is 2.05. The van der Waals surface area contributed by atoms with Crippen molar-refractivity contribution in [2.45, 2.75) is 51.1 Å². The van der Waals surface area contributed by atoms with Gasteiger partial charge >= 0.3 is 0 Å². The normalized spacial score (nSPS) is 19.6. The van der Waals surface area contributed by atoms with Crippen LogP contribution in [-0.4, -0.2) is 22.2 Å². The number of nitrogens with two attached hydrogens (primary N) is 1. The Morgan fingerprint density at radius 1 is 1.50 bits per heavy atom. The summed E-state index contributed by atoms with van der Waals surface area (Å²) in [5.74, 6) is 6.19. The summed E-state index contributed by atoms with van der Waals surface area (Å²) in [7, 11) is 0. The van der Waals surface area contributed by atoms with Crippen molar-refractivity contribution in [1.29, 1.82) is 0 Å². The van der Waals surface area contributed by atoms with E-state index in [9.17, 15) is 0 Å². The van der Waals surface area contributed by atoms with Crippen molar-refractivity contribution >= 4 is 5.96 Å². The summed E-state index contributed by atoms with van der Waals surface area (Å²) in [6.07, 6.45) is 9.85. The molecule has 100 valence electrons. The van der Waals surface area contributed by atoms with Crippen LogP contribution in [0.5, 0.6) is 0 Å². The van der Waals surface area contributed by atoms with E-state index < -0.39 is 0 Å². The van der Waals surface area contributed by atoms with Gasteiger partial charge in [0.05, 0.1) is 18.3 Å². The van der Waals surface area contributed by atoms with Gasteiger partial charge in [0.1, 0.15) is 0 Å². The van der Waals surface area contributed by atoms with Gasteiger partial charge in [-0.05, 0) is 19.8 Å². The molecular formula is C12H22N6. The van der Waals surface area contributed by atoms with E-state index >= 15 is 0 Å². The van der Waals surface area contributed by atoms with Gasteiger partial charge in [-0.3, -0.25) is 10.5 Å². The molecule has 1 aromatic heterocycles. The summed E-state index contributed by atoms with van der Waals surface area (Å²) in [4.78, 5) is 4.64. The molecule has 1 fully saturated rings. The fourth-order valence-corrected chi connectivity index (χ4v) is 2.30. The number of hydrogen-bond acceptors (Lipinski definition) is 3. The predicted molar refractivity (Wildman–Crippen MR) is 71.8 cm³/mol. The van der Waals surface area contributed by atoms with Crippen LogP contribution in [0.4, 0.5) is 0 Å². The Labute approximate surface area is 107 Å². The summed E-state index contributed by atoms with van der Waals surface area (Å²) < 4.78 is 0. The highest BCUT2D eigenvalue weighted by Gasteiger charge is 2.14. The number of aromatic nitrogens is 2. The molecule has 0 spiro atoms. The van der Waals surface area contributed by atoms with Crippen molar-refractivity contribution < 1.29 is 0 Å². The minimum absolute atomic E-state index is 0.127. The molecule has 1 saturated carbocycles. The van der Waals surface area contributed by atoms with Crippen LogP contribution in [0.1, 0.15) is 50.6 Å². The monoisotopic (exact) mass is 250 g/mol. The second-order valence-electron chi connectivity index (χ2n) is 4.81.